The van der Waals surface area contributed by atoms with Crippen LogP contribution >= 0.6 is 0 Å². The molecular weight excluding hydrogens is 360 g/mol. The van der Waals surface area contributed by atoms with E-state index in [-0.39, 0.29) is 22.9 Å². The molecule has 0 atom stereocenters. The molecule has 3 heterocycles. The molecule has 0 aromatic carbocycles. The lowest BCUT2D eigenvalue weighted by molar-refractivity contribution is 0.0690. The Balaban J connectivity index is 1.80. The lowest BCUT2D eigenvalue weighted by Crippen LogP contribution is -2.35. The number of carboxylic acid groups (broad SMARTS) is 1. The van der Waals surface area contributed by atoms with Gasteiger partial charge < -0.3 is 14.5 Å². The minimum Gasteiger partial charge on any atom is -0.477 e. The minimum atomic E-state index is -3.69. The van der Waals surface area contributed by atoms with E-state index in [1.165, 1.54) is 10.4 Å². The Morgan fingerprint density at radius 2 is 1.96 bits per heavy atom. The van der Waals surface area contributed by atoms with E-state index >= 15 is 0 Å². The van der Waals surface area contributed by atoms with Crippen LogP contribution in [0.1, 0.15) is 28.4 Å². The summed E-state index contributed by atoms with van der Waals surface area (Å²) in [4.78, 5) is 17.3. The molecule has 9 nitrogen and oxygen atoms in total. The second-order valence-electron chi connectivity index (χ2n) is 6.08. The van der Waals surface area contributed by atoms with Crippen LogP contribution in [0.25, 0.3) is 0 Å². The maximum atomic E-state index is 12.9. The van der Waals surface area contributed by atoms with E-state index in [9.17, 15) is 13.2 Å². The van der Waals surface area contributed by atoms with Crippen LogP contribution in [0.5, 0.6) is 0 Å². The number of aromatic carboxylic acids is 1. The molecule has 0 saturated carbocycles. The summed E-state index contributed by atoms with van der Waals surface area (Å²) in [6.07, 6.45) is 0.599. The van der Waals surface area contributed by atoms with Gasteiger partial charge in [-0.05, 0) is 32.4 Å². The van der Waals surface area contributed by atoms with E-state index in [0.29, 0.717) is 37.6 Å². The normalized spacial score (nSPS) is 16.5. The van der Waals surface area contributed by atoms with Gasteiger partial charge in [0.2, 0.25) is 10.0 Å². The Hall–Kier alpha value is -2.46. The highest BCUT2D eigenvalue weighted by molar-refractivity contribution is 7.89. The molecule has 1 aliphatic rings. The zero-order valence-corrected chi connectivity index (χ0v) is 15.4. The third-order valence-electron chi connectivity index (χ3n) is 4.30. The van der Waals surface area contributed by atoms with Crippen LogP contribution in [0.2, 0.25) is 0 Å². The molecule has 1 N–H and O–H groups in total. The van der Waals surface area contributed by atoms with Crippen molar-refractivity contribution >= 4 is 21.8 Å². The van der Waals surface area contributed by atoms with E-state index in [4.69, 9.17) is 9.63 Å². The van der Waals surface area contributed by atoms with Gasteiger partial charge in [-0.3, -0.25) is 0 Å². The summed E-state index contributed by atoms with van der Waals surface area (Å²) in [7, 11) is -3.69. The molecule has 0 radical (unpaired) electrons. The average molecular weight is 380 g/mol. The predicted octanol–water partition coefficient (Wildman–Crippen LogP) is 1.29. The van der Waals surface area contributed by atoms with Crippen LogP contribution in [0.3, 0.4) is 0 Å². The molecule has 2 aromatic rings. The van der Waals surface area contributed by atoms with Crippen molar-refractivity contribution in [3.63, 3.8) is 0 Å². The highest BCUT2D eigenvalue weighted by Crippen LogP contribution is 2.25. The largest absolute Gasteiger partial charge is 0.477 e. The highest BCUT2D eigenvalue weighted by atomic mass is 32.2. The van der Waals surface area contributed by atoms with Gasteiger partial charge in [-0.15, -0.1) is 0 Å². The van der Waals surface area contributed by atoms with Gasteiger partial charge in [0.1, 0.15) is 16.4 Å². The quantitative estimate of drug-likeness (QED) is 0.843. The summed E-state index contributed by atoms with van der Waals surface area (Å²) in [5, 5.41) is 12.8. The first kappa shape index (κ1) is 18.3. The number of nitrogens with zero attached hydrogens (tertiary/aromatic N) is 4. The topological polar surface area (TPSA) is 117 Å². The summed E-state index contributed by atoms with van der Waals surface area (Å²) < 4.78 is 32.3. The predicted molar refractivity (Wildman–Crippen MR) is 92.8 cm³/mol. The summed E-state index contributed by atoms with van der Waals surface area (Å²) in [5.74, 6) is -0.287. The van der Waals surface area contributed by atoms with Gasteiger partial charge in [0.15, 0.2) is 11.5 Å². The average Bonchev–Trinajstić information content (AvgIpc) is 2.81. The standard InChI is InChI=1S/C16H20N4O5S/c1-11-15(12(2)25-18-11)26(23,24)20-8-4-7-19(9-10-20)14-6-3-5-13(17-14)16(21)22/h3,5-6H,4,7-10H2,1-2H3,(H,21,22). The Morgan fingerprint density at radius 1 is 1.19 bits per heavy atom. The SMILES string of the molecule is Cc1noc(C)c1S(=O)(=O)N1CCCN(c2cccc(C(=O)O)n2)CC1. The van der Waals surface area contributed by atoms with Crippen LogP contribution in [0.4, 0.5) is 5.82 Å². The van der Waals surface area contributed by atoms with Crippen LogP contribution in [-0.2, 0) is 10.0 Å². The third-order valence-corrected chi connectivity index (χ3v) is 6.44. The second kappa shape index (κ2) is 7.04. The van der Waals surface area contributed by atoms with E-state index in [2.05, 4.69) is 10.1 Å². The molecule has 1 fully saturated rings. The summed E-state index contributed by atoms with van der Waals surface area (Å²) in [6, 6.07) is 4.79. The van der Waals surface area contributed by atoms with Crippen LogP contribution < -0.4 is 4.90 Å². The minimum absolute atomic E-state index is 0.0352. The Morgan fingerprint density at radius 3 is 2.62 bits per heavy atom. The summed E-state index contributed by atoms with van der Waals surface area (Å²) in [6.45, 7) is 4.82. The number of carboxylic acids is 1. The zero-order valence-electron chi connectivity index (χ0n) is 14.5. The van der Waals surface area contributed by atoms with Crippen molar-refractivity contribution in [2.45, 2.75) is 25.2 Å². The van der Waals surface area contributed by atoms with E-state index in [0.717, 1.165) is 0 Å². The molecule has 0 unspecified atom stereocenters. The van der Waals surface area contributed by atoms with Crippen molar-refractivity contribution in [3.8, 4) is 0 Å². The molecule has 0 bridgehead atoms. The summed E-state index contributed by atoms with van der Waals surface area (Å²) >= 11 is 0. The molecule has 1 saturated heterocycles. The van der Waals surface area contributed by atoms with Crippen molar-refractivity contribution in [3.05, 3.63) is 35.3 Å². The summed E-state index contributed by atoms with van der Waals surface area (Å²) in [5.41, 5.74) is 0.311. The molecule has 0 spiro atoms. The van der Waals surface area contributed by atoms with Crippen molar-refractivity contribution in [1.82, 2.24) is 14.4 Å². The number of rotatable bonds is 4. The molecule has 0 amide bonds. The second-order valence-corrected chi connectivity index (χ2v) is 7.96. The lowest BCUT2D eigenvalue weighted by atomic mass is 10.3. The van der Waals surface area contributed by atoms with Crippen molar-refractivity contribution in [1.29, 1.82) is 0 Å². The van der Waals surface area contributed by atoms with Crippen molar-refractivity contribution in [2.75, 3.05) is 31.1 Å². The number of hydrogen-bond donors (Lipinski definition) is 1. The maximum absolute atomic E-state index is 12.9. The van der Waals surface area contributed by atoms with Crippen molar-refractivity contribution < 1.29 is 22.8 Å². The fourth-order valence-electron chi connectivity index (χ4n) is 3.05. The smallest absolute Gasteiger partial charge is 0.354 e. The van der Waals surface area contributed by atoms with Gasteiger partial charge in [-0.1, -0.05) is 11.2 Å². The van der Waals surface area contributed by atoms with Gasteiger partial charge in [-0.2, -0.15) is 4.31 Å². The number of carbonyl (C=O) groups is 1. The van der Waals surface area contributed by atoms with Gasteiger partial charge >= 0.3 is 5.97 Å². The fourth-order valence-corrected chi connectivity index (χ4v) is 4.81. The number of hydrogen-bond acceptors (Lipinski definition) is 7. The molecule has 26 heavy (non-hydrogen) atoms. The first-order chi connectivity index (χ1) is 12.3. The Labute approximate surface area is 151 Å². The fraction of sp³-hybridized carbons (Fsp3) is 0.438. The molecule has 3 rings (SSSR count). The molecule has 1 aliphatic heterocycles. The molecule has 0 aliphatic carbocycles. The third kappa shape index (κ3) is 3.42. The van der Waals surface area contributed by atoms with Crippen molar-refractivity contribution in [2.24, 2.45) is 0 Å². The van der Waals surface area contributed by atoms with Crippen LogP contribution in [0, 0.1) is 13.8 Å². The molecule has 10 heteroatoms. The van der Waals surface area contributed by atoms with Gasteiger partial charge in [0, 0.05) is 26.2 Å². The number of aryl methyl sites for hydroxylation is 2. The first-order valence-electron chi connectivity index (χ1n) is 8.19. The Kier molecular flexibility index (Phi) is 4.97. The van der Waals surface area contributed by atoms with Gasteiger partial charge in [-0.25, -0.2) is 18.2 Å². The number of pyridine rings is 1. The van der Waals surface area contributed by atoms with Crippen LogP contribution in [0.15, 0.2) is 27.6 Å². The number of sulfonamides is 1. The molecule has 2 aromatic heterocycles. The zero-order chi connectivity index (χ0) is 18.9. The Bertz CT molecular complexity index is 905. The first-order valence-corrected chi connectivity index (χ1v) is 9.63. The molecule has 140 valence electrons. The van der Waals surface area contributed by atoms with Crippen LogP contribution in [-0.4, -0.2) is 60.1 Å². The monoisotopic (exact) mass is 380 g/mol. The van der Waals surface area contributed by atoms with E-state index < -0.39 is 16.0 Å². The van der Waals surface area contributed by atoms with Gasteiger partial charge in [0.05, 0.1) is 0 Å². The van der Waals surface area contributed by atoms with E-state index in [1.54, 1.807) is 26.0 Å². The number of aromatic nitrogens is 2. The maximum Gasteiger partial charge on any atom is 0.354 e. The number of anilines is 1. The highest BCUT2D eigenvalue weighted by Gasteiger charge is 2.32. The van der Waals surface area contributed by atoms with E-state index in [1.807, 2.05) is 4.90 Å². The molecular formula is C16H20N4O5S. The van der Waals surface area contributed by atoms with Gasteiger partial charge in [0.25, 0.3) is 0 Å². The lowest BCUT2D eigenvalue weighted by Gasteiger charge is -2.22.